The van der Waals surface area contributed by atoms with Gasteiger partial charge in [-0.25, -0.2) is 8.42 Å². The molecule has 0 spiro atoms. The minimum atomic E-state index is -3.41. The summed E-state index contributed by atoms with van der Waals surface area (Å²) in [4.78, 5) is 6.56. The van der Waals surface area contributed by atoms with E-state index in [9.17, 15) is 8.42 Å². The zero-order chi connectivity index (χ0) is 26.3. The van der Waals surface area contributed by atoms with Crippen LogP contribution in [0.1, 0.15) is 34.7 Å². The van der Waals surface area contributed by atoms with Gasteiger partial charge in [0.15, 0.2) is 5.11 Å². The molecular weight excluding hydrogens is 528 g/mol. The maximum absolute atomic E-state index is 11.8. The van der Waals surface area contributed by atoms with E-state index >= 15 is 0 Å². The summed E-state index contributed by atoms with van der Waals surface area (Å²) in [5.74, 6) is 1.41. The molecule has 4 aromatic rings. The third-order valence-electron chi connectivity index (χ3n) is 6.33. The standard InChI is InChI=1S/C27H25ClN4O3S2/c1-16-15-18(10-11-21(16)31-37(3,33)34)32-26(25(30-27(32)36)22-9-4-5-14-29-22)24-13-12-23(35-24)19-7-6-8-20(28)17(19)2/h4-15,25-26,31H,1-3H3,(H,30,36)/t25-,26+/m0/s1. The molecule has 2 atom stereocenters. The number of nitrogens with zero attached hydrogens (tertiary/aromatic N) is 2. The molecule has 10 heteroatoms. The Bertz CT molecular complexity index is 1590. The minimum absolute atomic E-state index is 0.276. The maximum atomic E-state index is 11.8. The summed E-state index contributed by atoms with van der Waals surface area (Å²) in [5, 5.41) is 4.60. The number of hydrogen-bond donors (Lipinski definition) is 2. The molecule has 0 saturated carbocycles. The Hall–Kier alpha value is -3.40. The van der Waals surface area contributed by atoms with Crippen molar-refractivity contribution >= 4 is 50.3 Å². The molecule has 1 aliphatic heterocycles. The number of rotatable bonds is 6. The largest absolute Gasteiger partial charge is 0.459 e. The van der Waals surface area contributed by atoms with Crippen LogP contribution < -0.4 is 14.9 Å². The van der Waals surface area contributed by atoms with Gasteiger partial charge in [0.2, 0.25) is 10.0 Å². The van der Waals surface area contributed by atoms with Crippen molar-refractivity contribution in [2.45, 2.75) is 25.9 Å². The van der Waals surface area contributed by atoms with E-state index in [1.54, 1.807) is 12.3 Å². The van der Waals surface area contributed by atoms with Crippen LogP contribution in [0.5, 0.6) is 0 Å². The quantitative estimate of drug-likeness (QED) is 0.277. The summed E-state index contributed by atoms with van der Waals surface area (Å²) in [6.45, 7) is 3.81. The molecule has 5 rings (SSSR count). The number of aromatic nitrogens is 1. The van der Waals surface area contributed by atoms with Gasteiger partial charge in [0.05, 0.1) is 23.7 Å². The van der Waals surface area contributed by atoms with Crippen LogP contribution in [0.25, 0.3) is 11.3 Å². The van der Waals surface area contributed by atoms with E-state index in [1.165, 1.54) is 0 Å². The van der Waals surface area contributed by atoms with Crippen molar-refractivity contribution in [2.24, 2.45) is 0 Å². The highest BCUT2D eigenvalue weighted by molar-refractivity contribution is 7.92. The van der Waals surface area contributed by atoms with Gasteiger partial charge in [-0.1, -0.05) is 29.8 Å². The van der Waals surface area contributed by atoms with Crippen LogP contribution in [0.15, 0.2) is 77.3 Å². The zero-order valence-electron chi connectivity index (χ0n) is 20.4. The summed E-state index contributed by atoms with van der Waals surface area (Å²) in [5.41, 5.74) is 4.75. The number of benzene rings is 2. The highest BCUT2D eigenvalue weighted by Crippen LogP contribution is 2.44. The fourth-order valence-electron chi connectivity index (χ4n) is 4.56. The third-order valence-corrected chi connectivity index (χ3v) is 7.65. The molecule has 1 aliphatic rings. The summed E-state index contributed by atoms with van der Waals surface area (Å²) < 4.78 is 32.5. The Labute approximate surface area is 226 Å². The van der Waals surface area contributed by atoms with E-state index < -0.39 is 10.0 Å². The summed E-state index contributed by atoms with van der Waals surface area (Å²) >= 11 is 12.2. The van der Waals surface area contributed by atoms with Crippen molar-refractivity contribution in [1.82, 2.24) is 10.3 Å². The van der Waals surface area contributed by atoms with Crippen LogP contribution in [-0.4, -0.2) is 24.8 Å². The number of hydrogen-bond acceptors (Lipinski definition) is 5. The molecule has 0 amide bonds. The first-order chi connectivity index (χ1) is 17.6. The summed E-state index contributed by atoms with van der Waals surface area (Å²) in [6, 6.07) is 20.2. The van der Waals surface area contributed by atoms with Gasteiger partial charge in [-0.2, -0.15) is 0 Å². The first kappa shape index (κ1) is 25.3. The Balaban J connectivity index is 1.59. The number of sulfonamides is 1. The molecule has 0 bridgehead atoms. The number of nitrogens with one attached hydrogen (secondary N) is 2. The molecule has 1 fully saturated rings. The number of anilines is 2. The Morgan fingerprint density at radius 1 is 1.08 bits per heavy atom. The first-order valence-corrected chi connectivity index (χ1v) is 14.2. The fraction of sp³-hybridized carbons (Fsp3) is 0.185. The van der Waals surface area contributed by atoms with Crippen molar-refractivity contribution in [2.75, 3.05) is 15.9 Å². The van der Waals surface area contributed by atoms with Crippen LogP contribution in [0.2, 0.25) is 5.02 Å². The van der Waals surface area contributed by atoms with Crippen LogP contribution in [0.3, 0.4) is 0 Å². The van der Waals surface area contributed by atoms with Gasteiger partial charge in [-0.3, -0.25) is 9.71 Å². The lowest BCUT2D eigenvalue weighted by atomic mass is 10.0. The number of halogens is 1. The van der Waals surface area contributed by atoms with Gasteiger partial charge in [0.25, 0.3) is 0 Å². The fourth-order valence-corrected chi connectivity index (χ4v) is 5.71. The molecular formula is C27H25ClN4O3S2. The van der Waals surface area contributed by atoms with Gasteiger partial charge < -0.3 is 14.6 Å². The Morgan fingerprint density at radius 2 is 1.89 bits per heavy atom. The number of furan rings is 1. The Kier molecular flexibility index (Phi) is 6.70. The van der Waals surface area contributed by atoms with Gasteiger partial charge in [0, 0.05) is 22.5 Å². The molecule has 1 saturated heterocycles. The first-order valence-electron chi connectivity index (χ1n) is 11.6. The molecule has 2 aromatic heterocycles. The lowest BCUT2D eigenvalue weighted by Gasteiger charge is -2.27. The van der Waals surface area contributed by atoms with Crippen LogP contribution >= 0.6 is 23.8 Å². The predicted octanol–water partition coefficient (Wildman–Crippen LogP) is 6.16. The van der Waals surface area contributed by atoms with E-state index in [0.29, 0.717) is 27.3 Å². The molecule has 2 aromatic carbocycles. The highest BCUT2D eigenvalue weighted by atomic mass is 35.5. The van der Waals surface area contributed by atoms with Crippen molar-refractivity contribution in [3.8, 4) is 11.3 Å². The maximum Gasteiger partial charge on any atom is 0.229 e. The van der Waals surface area contributed by atoms with E-state index in [1.807, 2.05) is 79.4 Å². The lowest BCUT2D eigenvalue weighted by Crippen LogP contribution is -2.29. The molecule has 2 N–H and O–H groups in total. The molecule has 0 aliphatic carbocycles. The summed E-state index contributed by atoms with van der Waals surface area (Å²) in [7, 11) is -3.41. The Morgan fingerprint density at radius 3 is 2.59 bits per heavy atom. The molecule has 3 heterocycles. The third kappa shape index (κ3) is 5.07. The van der Waals surface area contributed by atoms with Crippen molar-refractivity contribution in [1.29, 1.82) is 0 Å². The molecule has 37 heavy (non-hydrogen) atoms. The summed E-state index contributed by atoms with van der Waals surface area (Å²) in [6.07, 6.45) is 2.88. The normalized spacial score (nSPS) is 17.6. The minimum Gasteiger partial charge on any atom is -0.459 e. The van der Waals surface area contributed by atoms with E-state index in [4.69, 9.17) is 28.2 Å². The smallest absolute Gasteiger partial charge is 0.229 e. The van der Waals surface area contributed by atoms with E-state index in [2.05, 4.69) is 15.0 Å². The van der Waals surface area contributed by atoms with Crippen molar-refractivity contribution < 1.29 is 12.8 Å². The van der Waals surface area contributed by atoms with Gasteiger partial charge in [0.1, 0.15) is 17.6 Å². The second kappa shape index (κ2) is 9.81. The van der Waals surface area contributed by atoms with E-state index in [-0.39, 0.29) is 12.1 Å². The average Bonchev–Trinajstić information content (AvgIpc) is 3.46. The topological polar surface area (TPSA) is 87.5 Å². The van der Waals surface area contributed by atoms with Gasteiger partial charge >= 0.3 is 0 Å². The lowest BCUT2D eigenvalue weighted by molar-refractivity contribution is 0.439. The number of pyridine rings is 1. The average molecular weight is 553 g/mol. The van der Waals surface area contributed by atoms with Crippen LogP contribution in [0.4, 0.5) is 11.4 Å². The van der Waals surface area contributed by atoms with Crippen LogP contribution in [0, 0.1) is 13.8 Å². The van der Waals surface area contributed by atoms with Crippen LogP contribution in [-0.2, 0) is 10.0 Å². The molecule has 190 valence electrons. The number of aryl methyl sites for hydroxylation is 1. The van der Waals surface area contributed by atoms with Crippen molar-refractivity contribution in [3.63, 3.8) is 0 Å². The zero-order valence-corrected chi connectivity index (χ0v) is 22.8. The highest BCUT2D eigenvalue weighted by Gasteiger charge is 2.42. The van der Waals surface area contributed by atoms with Crippen molar-refractivity contribution in [3.05, 3.63) is 101 Å². The molecule has 0 unspecified atom stereocenters. The SMILES string of the molecule is Cc1cc(N2C(=S)N[C@@H](c3ccccn3)[C@H]2c2ccc(-c3cccc(Cl)c3C)o2)ccc1NS(C)(=O)=O. The van der Waals surface area contributed by atoms with Gasteiger partial charge in [-0.05, 0) is 85.7 Å². The van der Waals surface area contributed by atoms with Gasteiger partial charge in [-0.15, -0.1) is 0 Å². The number of thiocarbonyl (C=S) groups is 1. The molecule has 7 nitrogen and oxygen atoms in total. The second-order valence-corrected chi connectivity index (χ2v) is 11.5. The monoisotopic (exact) mass is 552 g/mol. The molecule has 0 radical (unpaired) electrons. The second-order valence-electron chi connectivity index (χ2n) is 8.98. The predicted molar refractivity (Wildman–Crippen MR) is 151 cm³/mol. The van der Waals surface area contributed by atoms with E-state index in [0.717, 1.165) is 34.3 Å².